The van der Waals surface area contributed by atoms with Gasteiger partial charge in [0.15, 0.2) is 0 Å². The van der Waals surface area contributed by atoms with Gasteiger partial charge in [-0.3, -0.25) is 0 Å². The van der Waals surface area contributed by atoms with Crippen LogP contribution in [0.3, 0.4) is 0 Å². The first-order chi connectivity index (χ1) is 18.7. The number of nitrogens with zero attached hydrogens (tertiary/aromatic N) is 1. The molecule has 0 aliphatic heterocycles. The predicted molar refractivity (Wildman–Crippen MR) is 167 cm³/mol. The maximum atomic E-state index is 4.01. The Bertz CT molecular complexity index is 1700. The van der Waals surface area contributed by atoms with E-state index in [1.54, 1.807) is 0 Å². The maximum Gasteiger partial charge on any atom is 0.0541 e. The van der Waals surface area contributed by atoms with Gasteiger partial charge < -0.3 is 4.57 Å². The molecule has 1 heterocycles. The molecule has 0 aliphatic rings. The zero-order valence-electron chi connectivity index (χ0n) is 22.1. The molecule has 0 saturated carbocycles. The van der Waals surface area contributed by atoms with E-state index in [1.165, 1.54) is 49.8 Å². The number of hydrogen-bond acceptors (Lipinski definition) is 0. The minimum absolute atomic E-state index is 0.900. The fourth-order valence-corrected chi connectivity index (χ4v) is 5.14. The Morgan fingerprint density at radius 3 is 2.34 bits per heavy atom. The van der Waals surface area contributed by atoms with Crippen molar-refractivity contribution in [2.24, 2.45) is 0 Å². The predicted octanol–water partition coefficient (Wildman–Crippen LogP) is 10.1. The highest BCUT2D eigenvalue weighted by Gasteiger charge is 2.13. The molecule has 1 nitrogen and oxygen atoms in total. The summed E-state index contributed by atoms with van der Waals surface area (Å²) in [5.74, 6) is 0. The fraction of sp³-hybridized carbons (Fsp3) is 0.0811. The van der Waals surface area contributed by atoms with E-state index >= 15 is 0 Å². The first kappa shape index (κ1) is 25.0. The molecule has 186 valence electrons. The number of aromatic nitrogens is 1. The normalized spacial score (nSPS) is 12.8. The van der Waals surface area contributed by atoms with Gasteiger partial charge in [0, 0.05) is 16.5 Å². The van der Waals surface area contributed by atoms with E-state index in [2.05, 4.69) is 146 Å². The molecule has 1 heteroatoms. The van der Waals surface area contributed by atoms with Crippen LogP contribution in [-0.2, 0) is 6.42 Å². The third-order valence-corrected chi connectivity index (χ3v) is 6.91. The largest absolute Gasteiger partial charge is 0.309 e. The Kier molecular flexibility index (Phi) is 7.66. The second-order valence-corrected chi connectivity index (χ2v) is 9.42. The van der Waals surface area contributed by atoms with Crippen molar-refractivity contribution >= 4 is 33.0 Å². The van der Waals surface area contributed by atoms with E-state index in [0.717, 1.165) is 12.0 Å². The van der Waals surface area contributed by atoms with Gasteiger partial charge in [-0.1, -0.05) is 116 Å². The van der Waals surface area contributed by atoms with Crippen molar-refractivity contribution in [3.05, 3.63) is 163 Å². The highest BCUT2D eigenvalue weighted by atomic mass is 15.0. The van der Waals surface area contributed by atoms with E-state index in [-0.39, 0.29) is 0 Å². The highest BCUT2D eigenvalue weighted by Crippen LogP contribution is 2.34. The lowest BCUT2D eigenvalue weighted by Crippen LogP contribution is -1.93. The topological polar surface area (TPSA) is 4.93 Å². The van der Waals surface area contributed by atoms with Crippen LogP contribution in [0.25, 0.3) is 38.6 Å². The number of allylic oxidation sites excluding steroid dienone is 9. The Hall–Kier alpha value is -4.62. The van der Waals surface area contributed by atoms with Crippen LogP contribution < -0.4 is 0 Å². The first-order valence-electron chi connectivity index (χ1n) is 13.2. The van der Waals surface area contributed by atoms with Gasteiger partial charge in [-0.15, -0.1) is 0 Å². The Morgan fingerprint density at radius 1 is 0.789 bits per heavy atom. The lowest BCUT2D eigenvalue weighted by Gasteiger charge is -2.11. The van der Waals surface area contributed by atoms with E-state index < -0.39 is 0 Å². The minimum Gasteiger partial charge on any atom is -0.309 e. The molecule has 4 aromatic carbocycles. The second kappa shape index (κ2) is 11.6. The number of para-hydroxylation sites is 2. The summed E-state index contributed by atoms with van der Waals surface area (Å²) in [6, 6.07) is 34.7. The number of fused-ring (bicyclic) bond motifs is 3. The van der Waals surface area contributed by atoms with Gasteiger partial charge in [-0.2, -0.15) is 0 Å². The molecule has 0 amide bonds. The van der Waals surface area contributed by atoms with Crippen molar-refractivity contribution in [3.63, 3.8) is 0 Å². The average molecular weight is 492 g/mol. The summed E-state index contributed by atoms with van der Waals surface area (Å²) in [4.78, 5) is 0. The molecular weight excluding hydrogens is 458 g/mol. The molecule has 0 spiro atoms. The van der Waals surface area contributed by atoms with Crippen molar-refractivity contribution in [2.45, 2.75) is 20.3 Å². The molecule has 0 atom stereocenters. The summed E-state index contributed by atoms with van der Waals surface area (Å²) in [7, 11) is 0. The van der Waals surface area contributed by atoms with Crippen LogP contribution in [0.1, 0.15) is 30.5 Å². The smallest absolute Gasteiger partial charge is 0.0541 e. The lowest BCUT2D eigenvalue weighted by molar-refractivity contribution is 1.18. The Morgan fingerprint density at radius 2 is 1.53 bits per heavy atom. The van der Waals surface area contributed by atoms with Crippen molar-refractivity contribution < 1.29 is 0 Å². The molecular formula is C37H33N. The van der Waals surface area contributed by atoms with Crippen molar-refractivity contribution in [2.75, 3.05) is 0 Å². The van der Waals surface area contributed by atoms with Crippen molar-refractivity contribution in [1.29, 1.82) is 0 Å². The zero-order valence-corrected chi connectivity index (χ0v) is 22.1. The quantitative estimate of drug-likeness (QED) is 0.190. The van der Waals surface area contributed by atoms with Crippen LogP contribution >= 0.6 is 0 Å². The molecule has 5 rings (SSSR count). The molecule has 0 fully saturated rings. The molecule has 0 bridgehead atoms. The average Bonchev–Trinajstić information content (AvgIpc) is 3.29. The monoisotopic (exact) mass is 491 g/mol. The van der Waals surface area contributed by atoms with Crippen LogP contribution in [0.4, 0.5) is 0 Å². The molecule has 0 aliphatic carbocycles. The molecule has 0 unspecified atom stereocenters. The van der Waals surface area contributed by atoms with Crippen LogP contribution in [0.2, 0.25) is 0 Å². The first-order valence-corrected chi connectivity index (χ1v) is 13.2. The van der Waals surface area contributed by atoms with Gasteiger partial charge in [0.1, 0.15) is 0 Å². The summed E-state index contributed by atoms with van der Waals surface area (Å²) in [5, 5.41) is 2.50. The molecule has 5 aromatic rings. The maximum absolute atomic E-state index is 4.01. The Balaban J connectivity index is 1.60. The van der Waals surface area contributed by atoms with Crippen LogP contribution in [0, 0.1) is 0 Å². The zero-order chi connectivity index (χ0) is 26.3. The van der Waals surface area contributed by atoms with Gasteiger partial charge in [0.2, 0.25) is 0 Å². The number of hydrogen-bond donors (Lipinski definition) is 0. The van der Waals surface area contributed by atoms with E-state index in [4.69, 9.17) is 0 Å². The number of rotatable bonds is 8. The SMILES string of the molecule is C=C/C=C(\C=C(/C)c1ccccc1C/C=C\C=C/C)c1ccc2c(c1)c1ccccc1n2-c1ccccc1. The van der Waals surface area contributed by atoms with Crippen LogP contribution in [0.5, 0.6) is 0 Å². The van der Waals surface area contributed by atoms with Crippen molar-refractivity contribution in [1.82, 2.24) is 4.57 Å². The third-order valence-electron chi connectivity index (χ3n) is 6.91. The standard InChI is InChI=1S/C37H33N/c1-4-6-7-9-17-29-18-12-13-21-33(29)28(3)26-30(16-5-2)31-24-25-37-35(27-31)34-22-14-15-23-36(34)38(37)32-19-10-8-11-20-32/h4-16,18-27H,2,17H2,1,3H3/b6-4-,9-7-,28-26+,30-16+. The highest BCUT2D eigenvalue weighted by molar-refractivity contribution is 6.10. The van der Waals surface area contributed by atoms with Crippen LogP contribution in [0.15, 0.2) is 146 Å². The summed E-state index contributed by atoms with van der Waals surface area (Å²) in [5.41, 5.74) is 9.75. The van der Waals surface area contributed by atoms with Crippen LogP contribution in [-0.4, -0.2) is 4.57 Å². The van der Waals surface area contributed by atoms with Gasteiger partial charge >= 0.3 is 0 Å². The third kappa shape index (κ3) is 5.10. The lowest BCUT2D eigenvalue weighted by atomic mass is 9.94. The summed E-state index contributed by atoms with van der Waals surface area (Å²) in [6.07, 6.45) is 15.6. The van der Waals surface area contributed by atoms with E-state index in [9.17, 15) is 0 Å². The second-order valence-electron chi connectivity index (χ2n) is 9.42. The van der Waals surface area contributed by atoms with E-state index in [1.807, 2.05) is 19.1 Å². The summed E-state index contributed by atoms with van der Waals surface area (Å²) < 4.78 is 2.35. The van der Waals surface area contributed by atoms with Gasteiger partial charge in [-0.25, -0.2) is 0 Å². The minimum atomic E-state index is 0.900. The van der Waals surface area contributed by atoms with Gasteiger partial charge in [0.25, 0.3) is 0 Å². The fourth-order valence-electron chi connectivity index (χ4n) is 5.14. The van der Waals surface area contributed by atoms with Gasteiger partial charge in [0.05, 0.1) is 11.0 Å². The number of benzene rings is 4. The molecule has 38 heavy (non-hydrogen) atoms. The van der Waals surface area contributed by atoms with E-state index in [0.29, 0.717) is 0 Å². The molecule has 0 N–H and O–H groups in total. The van der Waals surface area contributed by atoms with Gasteiger partial charge in [-0.05, 0) is 78.4 Å². The summed E-state index contributed by atoms with van der Waals surface area (Å²) >= 11 is 0. The Labute approximate surface area is 226 Å². The molecule has 1 aromatic heterocycles. The molecule has 0 radical (unpaired) electrons. The molecule has 0 saturated heterocycles. The van der Waals surface area contributed by atoms with Crippen molar-refractivity contribution in [3.8, 4) is 5.69 Å². The summed E-state index contributed by atoms with van der Waals surface area (Å²) in [6.45, 7) is 8.25.